The van der Waals surface area contributed by atoms with Gasteiger partial charge in [-0.05, 0) is 49.9 Å². The molecule has 1 fully saturated rings. The Morgan fingerprint density at radius 3 is 2.71 bits per heavy atom. The highest BCUT2D eigenvalue weighted by Gasteiger charge is 2.22. The van der Waals surface area contributed by atoms with Crippen molar-refractivity contribution in [2.75, 3.05) is 0 Å². The standard InChI is InChI=1S/C17H24ClNO2/c1-3-16(17(20)19-13-7-5-4-6-8-13)21-14-9-10-15(18)12(2)11-14/h9-11,13,16H,3-8H2,1-2H3,(H,19,20). The lowest BCUT2D eigenvalue weighted by atomic mass is 9.95. The Bertz CT molecular complexity index is 484. The van der Waals surface area contributed by atoms with Crippen LogP contribution in [0.15, 0.2) is 18.2 Å². The van der Waals surface area contributed by atoms with Gasteiger partial charge in [-0.15, -0.1) is 0 Å². The first-order chi connectivity index (χ1) is 10.1. The van der Waals surface area contributed by atoms with E-state index in [9.17, 15) is 4.79 Å². The Balaban J connectivity index is 1.94. The van der Waals surface area contributed by atoms with Gasteiger partial charge in [-0.1, -0.05) is 37.8 Å². The maximum absolute atomic E-state index is 12.3. The molecule has 0 aliphatic heterocycles. The van der Waals surface area contributed by atoms with Crippen LogP contribution in [0, 0.1) is 6.92 Å². The third-order valence-corrected chi connectivity index (χ3v) is 4.45. The lowest BCUT2D eigenvalue weighted by Crippen LogP contribution is -2.44. The fourth-order valence-electron chi connectivity index (χ4n) is 2.72. The van der Waals surface area contributed by atoms with Crippen LogP contribution in [-0.2, 0) is 4.79 Å². The number of benzene rings is 1. The van der Waals surface area contributed by atoms with Crippen LogP contribution >= 0.6 is 11.6 Å². The first kappa shape index (κ1) is 16.2. The Morgan fingerprint density at radius 2 is 2.10 bits per heavy atom. The average Bonchev–Trinajstić information content (AvgIpc) is 2.49. The SMILES string of the molecule is CCC(Oc1ccc(Cl)c(C)c1)C(=O)NC1CCCCC1. The predicted molar refractivity (Wildman–Crippen MR) is 85.9 cm³/mol. The molecule has 2 rings (SSSR count). The van der Waals surface area contributed by atoms with Crippen LogP contribution in [0.2, 0.25) is 5.02 Å². The van der Waals surface area contributed by atoms with E-state index in [1.807, 2.05) is 26.0 Å². The molecule has 0 heterocycles. The minimum atomic E-state index is -0.437. The van der Waals surface area contributed by atoms with E-state index in [1.165, 1.54) is 19.3 Å². The van der Waals surface area contributed by atoms with Gasteiger partial charge < -0.3 is 10.1 Å². The summed E-state index contributed by atoms with van der Waals surface area (Å²) >= 11 is 6.01. The van der Waals surface area contributed by atoms with Crippen LogP contribution in [0.3, 0.4) is 0 Å². The van der Waals surface area contributed by atoms with Crippen molar-refractivity contribution < 1.29 is 9.53 Å². The summed E-state index contributed by atoms with van der Waals surface area (Å²) in [6.07, 6.45) is 6.08. The third-order valence-electron chi connectivity index (χ3n) is 4.02. The van der Waals surface area contributed by atoms with E-state index in [1.54, 1.807) is 6.07 Å². The predicted octanol–water partition coefficient (Wildman–Crippen LogP) is 4.25. The summed E-state index contributed by atoms with van der Waals surface area (Å²) in [5, 5.41) is 3.84. The molecule has 1 aliphatic rings. The second-order valence-electron chi connectivity index (χ2n) is 5.77. The maximum atomic E-state index is 12.3. The normalized spacial score (nSPS) is 17.3. The van der Waals surface area contributed by atoms with Gasteiger partial charge >= 0.3 is 0 Å². The third kappa shape index (κ3) is 4.63. The number of carbonyl (C=O) groups is 1. The van der Waals surface area contributed by atoms with Gasteiger partial charge in [-0.25, -0.2) is 0 Å². The van der Waals surface area contributed by atoms with E-state index < -0.39 is 6.10 Å². The smallest absolute Gasteiger partial charge is 0.261 e. The molecular formula is C17H24ClNO2. The van der Waals surface area contributed by atoms with Gasteiger partial charge in [0.05, 0.1) is 0 Å². The number of amides is 1. The van der Waals surface area contributed by atoms with Crippen molar-refractivity contribution in [2.24, 2.45) is 0 Å². The maximum Gasteiger partial charge on any atom is 0.261 e. The molecule has 4 heteroatoms. The minimum absolute atomic E-state index is 0.00277. The number of carbonyl (C=O) groups excluding carboxylic acids is 1. The van der Waals surface area contributed by atoms with Gasteiger partial charge in [0.2, 0.25) is 0 Å². The highest BCUT2D eigenvalue weighted by molar-refractivity contribution is 6.31. The van der Waals surface area contributed by atoms with Crippen LogP contribution in [0.4, 0.5) is 0 Å². The molecule has 3 nitrogen and oxygen atoms in total. The van der Waals surface area contributed by atoms with Gasteiger partial charge in [-0.2, -0.15) is 0 Å². The number of nitrogens with one attached hydrogen (secondary N) is 1. The second kappa shape index (κ2) is 7.69. The van der Waals surface area contributed by atoms with Crippen LogP contribution in [-0.4, -0.2) is 18.1 Å². The van der Waals surface area contributed by atoms with E-state index in [0.29, 0.717) is 23.2 Å². The molecule has 21 heavy (non-hydrogen) atoms. The van der Waals surface area contributed by atoms with Crippen molar-refractivity contribution in [2.45, 2.75) is 64.5 Å². The number of hydrogen-bond acceptors (Lipinski definition) is 2. The van der Waals surface area contributed by atoms with Crippen molar-refractivity contribution in [1.82, 2.24) is 5.32 Å². The zero-order chi connectivity index (χ0) is 15.2. The first-order valence-electron chi connectivity index (χ1n) is 7.83. The van der Waals surface area contributed by atoms with Crippen LogP contribution in [0.1, 0.15) is 51.0 Å². The summed E-state index contributed by atoms with van der Waals surface area (Å²) in [5.74, 6) is 0.694. The first-order valence-corrected chi connectivity index (χ1v) is 8.21. The van der Waals surface area contributed by atoms with Crippen LogP contribution < -0.4 is 10.1 Å². The minimum Gasteiger partial charge on any atom is -0.481 e. The molecule has 1 unspecified atom stereocenters. The lowest BCUT2D eigenvalue weighted by molar-refractivity contribution is -0.129. The summed E-state index contributed by atoms with van der Waals surface area (Å²) in [5.41, 5.74) is 0.955. The van der Waals surface area contributed by atoms with Gasteiger partial charge in [0.15, 0.2) is 6.10 Å². The number of halogens is 1. The topological polar surface area (TPSA) is 38.3 Å². The quantitative estimate of drug-likeness (QED) is 0.882. The van der Waals surface area contributed by atoms with Crippen molar-refractivity contribution in [3.63, 3.8) is 0 Å². The summed E-state index contributed by atoms with van der Waals surface area (Å²) in [7, 11) is 0. The summed E-state index contributed by atoms with van der Waals surface area (Å²) in [6, 6.07) is 5.80. The average molecular weight is 310 g/mol. The van der Waals surface area contributed by atoms with Gasteiger partial charge in [0.25, 0.3) is 5.91 Å². The molecule has 1 aromatic carbocycles. The zero-order valence-electron chi connectivity index (χ0n) is 12.8. The van der Waals surface area contributed by atoms with E-state index in [-0.39, 0.29) is 5.91 Å². The number of aryl methyl sites for hydroxylation is 1. The van der Waals surface area contributed by atoms with E-state index in [0.717, 1.165) is 18.4 Å². The molecule has 1 aromatic rings. The summed E-state index contributed by atoms with van der Waals surface area (Å²) in [4.78, 5) is 12.3. The van der Waals surface area contributed by atoms with Crippen molar-refractivity contribution in [3.05, 3.63) is 28.8 Å². The van der Waals surface area contributed by atoms with Gasteiger partial charge in [0.1, 0.15) is 5.75 Å². The van der Waals surface area contributed by atoms with Crippen LogP contribution in [0.25, 0.3) is 0 Å². The van der Waals surface area contributed by atoms with E-state index >= 15 is 0 Å². The molecule has 0 saturated heterocycles. The second-order valence-corrected chi connectivity index (χ2v) is 6.18. The molecular weight excluding hydrogens is 286 g/mol. The number of rotatable bonds is 5. The van der Waals surface area contributed by atoms with Gasteiger partial charge in [-0.3, -0.25) is 4.79 Å². The van der Waals surface area contributed by atoms with Crippen LogP contribution in [0.5, 0.6) is 5.75 Å². The van der Waals surface area contributed by atoms with E-state index in [4.69, 9.17) is 16.3 Å². The fraction of sp³-hybridized carbons (Fsp3) is 0.588. The number of hydrogen-bond donors (Lipinski definition) is 1. The zero-order valence-corrected chi connectivity index (χ0v) is 13.6. The molecule has 0 radical (unpaired) electrons. The molecule has 1 saturated carbocycles. The Hall–Kier alpha value is -1.22. The molecule has 1 aliphatic carbocycles. The molecule has 1 N–H and O–H groups in total. The Labute approximate surface area is 132 Å². The monoisotopic (exact) mass is 309 g/mol. The fourth-order valence-corrected chi connectivity index (χ4v) is 2.84. The molecule has 0 aromatic heterocycles. The largest absolute Gasteiger partial charge is 0.481 e. The Kier molecular flexibility index (Phi) is 5.92. The summed E-state index contributed by atoms with van der Waals surface area (Å²) in [6.45, 7) is 3.89. The highest BCUT2D eigenvalue weighted by Crippen LogP contribution is 2.23. The molecule has 0 bridgehead atoms. The van der Waals surface area contributed by atoms with Gasteiger partial charge in [0, 0.05) is 11.1 Å². The van der Waals surface area contributed by atoms with Crippen molar-refractivity contribution >= 4 is 17.5 Å². The molecule has 1 atom stereocenters. The highest BCUT2D eigenvalue weighted by atomic mass is 35.5. The van der Waals surface area contributed by atoms with Crippen molar-refractivity contribution in [1.29, 1.82) is 0 Å². The molecule has 0 spiro atoms. The van der Waals surface area contributed by atoms with E-state index in [2.05, 4.69) is 5.32 Å². The summed E-state index contributed by atoms with van der Waals surface area (Å²) < 4.78 is 5.83. The molecule has 116 valence electrons. The Morgan fingerprint density at radius 1 is 1.38 bits per heavy atom. The lowest BCUT2D eigenvalue weighted by Gasteiger charge is -2.25. The van der Waals surface area contributed by atoms with Crippen molar-refractivity contribution in [3.8, 4) is 5.75 Å². The number of ether oxygens (including phenoxy) is 1. The molecule has 1 amide bonds.